The van der Waals surface area contributed by atoms with Crippen molar-refractivity contribution in [3.8, 4) is 0 Å². The lowest BCUT2D eigenvalue weighted by Crippen LogP contribution is -2.50. The summed E-state index contributed by atoms with van der Waals surface area (Å²) in [7, 11) is 0. The standard InChI is InChI=1S/C20H23F3N2O3/c21-20(22,23)19(28)24-11-8-15(9-12-24)18(27)25-10-4-7-16(13-25)17(26)14-5-2-1-3-6-14/h1-3,5-6,15-16H,4,7-13H2. The molecular formula is C20H23F3N2O3. The van der Waals surface area contributed by atoms with Crippen molar-refractivity contribution in [2.45, 2.75) is 31.9 Å². The van der Waals surface area contributed by atoms with E-state index in [4.69, 9.17) is 0 Å². The molecule has 5 nitrogen and oxygen atoms in total. The highest BCUT2D eigenvalue weighted by Crippen LogP contribution is 2.27. The Kier molecular flexibility index (Phi) is 6.05. The van der Waals surface area contributed by atoms with Crippen LogP contribution in [0, 0.1) is 11.8 Å². The van der Waals surface area contributed by atoms with E-state index in [1.807, 2.05) is 6.07 Å². The zero-order valence-electron chi connectivity index (χ0n) is 15.5. The fraction of sp³-hybridized carbons (Fsp3) is 0.550. The number of halogens is 3. The Morgan fingerprint density at radius 3 is 2.11 bits per heavy atom. The van der Waals surface area contributed by atoms with Crippen molar-refractivity contribution in [3.05, 3.63) is 35.9 Å². The predicted octanol–water partition coefficient (Wildman–Crippen LogP) is 2.91. The zero-order chi connectivity index (χ0) is 20.3. The molecule has 1 unspecified atom stereocenters. The molecule has 28 heavy (non-hydrogen) atoms. The number of carbonyl (C=O) groups is 3. The van der Waals surface area contributed by atoms with Crippen molar-refractivity contribution < 1.29 is 27.6 Å². The summed E-state index contributed by atoms with van der Waals surface area (Å²) in [6, 6.07) is 8.96. The van der Waals surface area contributed by atoms with E-state index < -0.39 is 18.0 Å². The largest absolute Gasteiger partial charge is 0.471 e. The molecular weight excluding hydrogens is 373 g/mol. The quantitative estimate of drug-likeness (QED) is 0.739. The number of likely N-dealkylation sites (tertiary alicyclic amines) is 2. The first kappa shape index (κ1) is 20.4. The van der Waals surface area contributed by atoms with Crippen molar-refractivity contribution in [3.63, 3.8) is 0 Å². The highest BCUT2D eigenvalue weighted by Gasteiger charge is 2.44. The lowest BCUT2D eigenvalue weighted by molar-refractivity contribution is -0.187. The smallest absolute Gasteiger partial charge is 0.342 e. The maximum Gasteiger partial charge on any atom is 0.471 e. The summed E-state index contributed by atoms with van der Waals surface area (Å²) in [5.41, 5.74) is 0.626. The third kappa shape index (κ3) is 4.54. The number of piperidine rings is 2. The van der Waals surface area contributed by atoms with Crippen molar-refractivity contribution in [2.75, 3.05) is 26.2 Å². The van der Waals surface area contributed by atoms with Gasteiger partial charge in [0.15, 0.2) is 5.78 Å². The first-order valence-electron chi connectivity index (χ1n) is 9.51. The third-order valence-electron chi connectivity index (χ3n) is 5.54. The molecule has 2 fully saturated rings. The fourth-order valence-corrected chi connectivity index (χ4v) is 4.00. The van der Waals surface area contributed by atoms with E-state index in [9.17, 15) is 27.6 Å². The van der Waals surface area contributed by atoms with Gasteiger partial charge in [-0.2, -0.15) is 13.2 Å². The minimum atomic E-state index is -4.88. The number of hydrogen-bond donors (Lipinski definition) is 0. The number of rotatable bonds is 3. The van der Waals surface area contributed by atoms with Gasteiger partial charge in [0.1, 0.15) is 0 Å². The Labute approximate surface area is 161 Å². The van der Waals surface area contributed by atoms with Crippen molar-refractivity contribution in [2.24, 2.45) is 11.8 Å². The molecule has 1 aromatic rings. The summed E-state index contributed by atoms with van der Waals surface area (Å²) < 4.78 is 37.6. The Morgan fingerprint density at radius 1 is 0.857 bits per heavy atom. The monoisotopic (exact) mass is 396 g/mol. The second-order valence-electron chi connectivity index (χ2n) is 7.42. The zero-order valence-corrected chi connectivity index (χ0v) is 15.5. The number of benzene rings is 1. The molecule has 0 spiro atoms. The number of hydrogen-bond acceptors (Lipinski definition) is 3. The Balaban J connectivity index is 1.56. The van der Waals surface area contributed by atoms with E-state index in [0.29, 0.717) is 18.7 Å². The summed E-state index contributed by atoms with van der Waals surface area (Å²) in [5, 5.41) is 0. The van der Waals surface area contributed by atoms with E-state index in [0.717, 1.165) is 17.7 Å². The molecule has 3 rings (SSSR count). The molecule has 8 heteroatoms. The summed E-state index contributed by atoms with van der Waals surface area (Å²) in [6.45, 7) is 0.747. The SMILES string of the molecule is O=C(c1ccccc1)C1CCCN(C(=O)C2CCN(C(=O)C(F)(F)F)CC2)C1. The van der Waals surface area contributed by atoms with Crippen LogP contribution in [-0.4, -0.2) is 59.8 Å². The Morgan fingerprint density at radius 2 is 1.50 bits per heavy atom. The minimum absolute atomic E-state index is 0.0173. The van der Waals surface area contributed by atoms with E-state index >= 15 is 0 Å². The fourth-order valence-electron chi connectivity index (χ4n) is 4.00. The molecule has 0 N–H and O–H groups in total. The first-order valence-corrected chi connectivity index (χ1v) is 9.51. The molecule has 152 valence electrons. The number of ketones is 1. The molecule has 2 amide bonds. The lowest BCUT2D eigenvalue weighted by atomic mass is 9.88. The van der Waals surface area contributed by atoms with Gasteiger partial charge < -0.3 is 9.80 Å². The number of carbonyl (C=O) groups excluding carboxylic acids is 3. The summed E-state index contributed by atoms with van der Waals surface area (Å²) in [6.07, 6.45) is -3.01. The molecule has 2 aliphatic rings. The second kappa shape index (κ2) is 8.32. The normalized spacial score (nSPS) is 21.5. The Hall–Kier alpha value is -2.38. The highest BCUT2D eigenvalue weighted by atomic mass is 19.4. The topological polar surface area (TPSA) is 57.7 Å². The molecule has 2 aliphatic heterocycles. The van der Waals surface area contributed by atoms with Crippen LogP contribution in [0.1, 0.15) is 36.0 Å². The molecule has 0 aliphatic carbocycles. The van der Waals surface area contributed by atoms with Crippen LogP contribution in [0.3, 0.4) is 0 Å². The number of alkyl halides is 3. The third-order valence-corrected chi connectivity index (χ3v) is 5.54. The van der Waals surface area contributed by atoms with Gasteiger partial charge in [-0.1, -0.05) is 30.3 Å². The molecule has 1 atom stereocenters. The van der Waals surface area contributed by atoms with Crippen LogP contribution < -0.4 is 0 Å². The van der Waals surface area contributed by atoms with Gasteiger partial charge in [-0.05, 0) is 25.7 Å². The molecule has 1 aromatic carbocycles. The van der Waals surface area contributed by atoms with Crippen LogP contribution in [0.25, 0.3) is 0 Å². The molecule has 0 radical (unpaired) electrons. The van der Waals surface area contributed by atoms with Gasteiger partial charge in [0, 0.05) is 43.6 Å². The molecule has 0 aromatic heterocycles. The van der Waals surface area contributed by atoms with E-state index in [2.05, 4.69) is 0 Å². The van der Waals surface area contributed by atoms with Crippen molar-refractivity contribution >= 4 is 17.6 Å². The lowest BCUT2D eigenvalue weighted by Gasteiger charge is -2.37. The van der Waals surface area contributed by atoms with Gasteiger partial charge in [-0.25, -0.2) is 0 Å². The maximum absolute atomic E-state index is 12.8. The molecule has 2 saturated heterocycles. The molecule has 2 heterocycles. The molecule has 0 bridgehead atoms. The second-order valence-corrected chi connectivity index (χ2v) is 7.42. The average molecular weight is 396 g/mol. The van der Waals surface area contributed by atoms with Crippen molar-refractivity contribution in [1.29, 1.82) is 0 Å². The van der Waals surface area contributed by atoms with Crippen LogP contribution in [0.5, 0.6) is 0 Å². The van der Waals surface area contributed by atoms with Gasteiger partial charge >= 0.3 is 12.1 Å². The van der Waals surface area contributed by atoms with E-state index in [1.54, 1.807) is 29.2 Å². The molecule has 0 saturated carbocycles. The highest BCUT2D eigenvalue weighted by molar-refractivity contribution is 5.98. The summed E-state index contributed by atoms with van der Waals surface area (Å²) in [4.78, 5) is 39.2. The predicted molar refractivity (Wildman–Crippen MR) is 95.4 cm³/mol. The van der Waals surface area contributed by atoms with E-state index in [-0.39, 0.29) is 43.5 Å². The number of Topliss-reactive ketones (excluding diaryl/α,β-unsaturated/α-hetero) is 1. The van der Waals surface area contributed by atoms with Crippen molar-refractivity contribution in [1.82, 2.24) is 9.80 Å². The van der Waals surface area contributed by atoms with Gasteiger partial charge in [0.05, 0.1) is 0 Å². The average Bonchev–Trinajstić information content (AvgIpc) is 2.72. The van der Waals surface area contributed by atoms with Crippen LogP contribution in [0.15, 0.2) is 30.3 Å². The van der Waals surface area contributed by atoms with Crippen LogP contribution in [0.4, 0.5) is 13.2 Å². The summed E-state index contributed by atoms with van der Waals surface area (Å²) in [5.74, 6) is -2.60. The number of amides is 2. The summed E-state index contributed by atoms with van der Waals surface area (Å²) >= 11 is 0. The van der Waals surface area contributed by atoms with Gasteiger partial charge in [0.25, 0.3) is 0 Å². The first-order chi connectivity index (χ1) is 13.3. The van der Waals surface area contributed by atoms with Gasteiger partial charge in [-0.15, -0.1) is 0 Å². The maximum atomic E-state index is 12.8. The van der Waals surface area contributed by atoms with E-state index in [1.165, 1.54) is 0 Å². The minimum Gasteiger partial charge on any atom is -0.342 e. The van der Waals surface area contributed by atoms with Gasteiger partial charge in [-0.3, -0.25) is 14.4 Å². The van der Waals surface area contributed by atoms with Gasteiger partial charge in [0.2, 0.25) is 5.91 Å². The Bertz CT molecular complexity index is 728. The van der Waals surface area contributed by atoms with Crippen LogP contribution in [-0.2, 0) is 9.59 Å². The number of nitrogens with zero attached hydrogens (tertiary/aromatic N) is 2. The van der Waals surface area contributed by atoms with Crippen LogP contribution in [0.2, 0.25) is 0 Å². The van der Waals surface area contributed by atoms with Crippen LogP contribution >= 0.6 is 0 Å².